The van der Waals surface area contributed by atoms with Crippen LogP contribution in [0, 0.1) is 6.92 Å². The average molecular weight is 268 g/mol. The lowest BCUT2D eigenvalue weighted by Crippen LogP contribution is -2.08. The van der Waals surface area contributed by atoms with Gasteiger partial charge in [-0.3, -0.25) is 0 Å². The van der Waals surface area contributed by atoms with Crippen LogP contribution < -0.4 is 5.32 Å². The van der Waals surface area contributed by atoms with Crippen molar-refractivity contribution >= 4 is 11.1 Å². The van der Waals surface area contributed by atoms with Crippen molar-refractivity contribution in [2.75, 3.05) is 13.1 Å². The van der Waals surface area contributed by atoms with Crippen molar-refractivity contribution in [2.24, 2.45) is 0 Å². The lowest BCUT2D eigenvalue weighted by Gasteiger charge is -2.03. The Balaban J connectivity index is 1.71. The molecule has 0 amide bonds. The van der Waals surface area contributed by atoms with Crippen molar-refractivity contribution in [2.45, 2.75) is 19.3 Å². The van der Waals surface area contributed by atoms with Gasteiger partial charge in [-0.25, -0.2) is 9.97 Å². The molecular weight excluding hydrogens is 252 g/mol. The second-order valence-corrected chi connectivity index (χ2v) is 5.29. The van der Waals surface area contributed by atoms with Crippen molar-refractivity contribution in [3.05, 3.63) is 36.1 Å². The predicted octanol–water partition coefficient (Wildman–Crippen LogP) is 2.60. The molecular formula is C15H16N4O. The zero-order chi connectivity index (χ0) is 13.5. The van der Waals surface area contributed by atoms with Crippen molar-refractivity contribution in [1.82, 2.24) is 20.3 Å². The van der Waals surface area contributed by atoms with Gasteiger partial charge in [0, 0.05) is 24.9 Å². The van der Waals surface area contributed by atoms with Crippen molar-refractivity contribution in [3.8, 4) is 11.3 Å². The molecule has 0 radical (unpaired) electrons. The number of oxazole rings is 1. The minimum atomic E-state index is 0.502. The Bertz CT molecular complexity index is 752. The summed E-state index contributed by atoms with van der Waals surface area (Å²) < 4.78 is 5.50. The predicted molar refractivity (Wildman–Crippen MR) is 76.6 cm³/mol. The van der Waals surface area contributed by atoms with Crippen LogP contribution in [-0.2, 0) is 0 Å². The number of rotatable bonds is 2. The number of hydrogen-bond donors (Lipinski definition) is 2. The molecule has 20 heavy (non-hydrogen) atoms. The monoisotopic (exact) mass is 268 g/mol. The number of aryl methyl sites for hydroxylation is 1. The fraction of sp³-hybridized carbons (Fsp3) is 0.333. The number of hydrogen-bond acceptors (Lipinski definition) is 4. The summed E-state index contributed by atoms with van der Waals surface area (Å²) in [5.41, 5.74) is 3.84. The smallest absolute Gasteiger partial charge is 0.192 e. The molecule has 0 spiro atoms. The van der Waals surface area contributed by atoms with E-state index in [1.165, 1.54) is 0 Å². The van der Waals surface area contributed by atoms with Crippen molar-refractivity contribution in [1.29, 1.82) is 0 Å². The highest BCUT2D eigenvalue weighted by Gasteiger charge is 2.19. The molecule has 5 nitrogen and oxygen atoms in total. The summed E-state index contributed by atoms with van der Waals surface area (Å²) >= 11 is 0. The lowest BCUT2D eigenvalue weighted by molar-refractivity contribution is 0.561. The molecule has 102 valence electrons. The van der Waals surface area contributed by atoms with E-state index in [1.807, 2.05) is 31.3 Å². The standard InChI is InChI=1S/C15H16N4O/c1-9-18-12-6-10(2-3-14(12)20-9)13-8-17-15(19-13)11-4-5-16-7-11/h2-3,6,8,11,16H,4-5,7H2,1H3,(H,17,19). The van der Waals surface area contributed by atoms with Gasteiger partial charge in [-0.2, -0.15) is 0 Å². The third-order valence-corrected chi connectivity index (χ3v) is 3.85. The first-order chi connectivity index (χ1) is 9.79. The maximum absolute atomic E-state index is 5.50. The number of benzene rings is 1. The molecule has 0 aliphatic carbocycles. The fourth-order valence-corrected chi connectivity index (χ4v) is 2.79. The SMILES string of the molecule is Cc1nc2cc(-c3cnc(C4CCNC4)[nH]3)ccc2o1. The number of aromatic nitrogens is 3. The van der Waals surface area contributed by atoms with Crippen LogP contribution in [0.4, 0.5) is 0 Å². The molecule has 1 fully saturated rings. The van der Waals surface area contributed by atoms with Crippen LogP contribution in [0.25, 0.3) is 22.4 Å². The van der Waals surface area contributed by atoms with E-state index < -0.39 is 0 Å². The molecule has 1 unspecified atom stereocenters. The number of aromatic amines is 1. The normalized spacial score (nSPS) is 18.9. The van der Waals surface area contributed by atoms with E-state index in [0.29, 0.717) is 11.8 Å². The first-order valence-electron chi connectivity index (χ1n) is 6.93. The maximum Gasteiger partial charge on any atom is 0.192 e. The minimum Gasteiger partial charge on any atom is -0.441 e. The zero-order valence-corrected chi connectivity index (χ0v) is 11.3. The van der Waals surface area contributed by atoms with Gasteiger partial charge in [0.2, 0.25) is 0 Å². The number of H-pyrrole nitrogens is 1. The fourth-order valence-electron chi connectivity index (χ4n) is 2.79. The van der Waals surface area contributed by atoms with E-state index in [2.05, 4.69) is 20.3 Å². The van der Waals surface area contributed by atoms with Crippen LogP contribution >= 0.6 is 0 Å². The zero-order valence-electron chi connectivity index (χ0n) is 11.3. The molecule has 1 aliphatic heterocycles. The third-order valence-electron chi connectivity index (χ3n) is 3.85. The highest BCUT2D eigenvalue weighted by molar-refractivity contribution is 5.79. The van der Waals surface area contributed by atoms with Gasteiger partial charge in [0.1, 0.15) is 11.3 Å². The topological polar surface area (TPSA) is 66.7 Å². The Morgan fingerprint density at radius 2 is 2.30 bits per heavy atom. The van der Waals surface area contributed by atoms with E-state index in [-0.39, 0.29) is 0 Å². The van der Waals surface area contributed by atoms with E-state index in [4.69, 9.17) is 4.42 Å². The minimum absolute atomic E-state index is 0.502. The molecule has 1 aromatic carbocycles. The average Bonchev–Trinajstić information content (AvgIpc) is 3.17. The first-order valence-corrected chi connectivity index (χ1v) is 6.93. The second kappa shape index (κ2) is 4.45. The van der Waals surface area contributed by atoms with Gasteiger partial charge < -0.3 is 14.7 Å². The van der Waals surface area contributed by atoms with Crippen LogP contribution in [0.15, 0.2) is 28.8 Å². The van der Waals surface area contributed by atoms with Crippen LogP contribution in [0.5, 0.6) is 0 Å². The summed E-state index contributed by atoms with van der Waals surface area (Å²) in [6, 6.07) is 6.04. The van der Waals surface area contributed by atoms with E-state index in [0.717, 1.165) is 47.7 Å². The molecule has 5 heteroatoms. The maximum atomic E-state index is 5.50. The Morgan fingerprint density at radius 1 is 1.35 bits per heavy atom. The largest absolute Gasteiger partial charge is 0.441 e. The summed E-state index contributed by atoms with van der Waals surface area (Å²) in [6.45, 7) is 3.94. The molecule has 1 aliphatic rings. The van der Waals surface area contributed by atoms with Crippen LogP contribution in [0.3, 0.4) is 0 Å². The molecule has 0 saturated carbocycles. The number of imidazole rings is 1. The third kappa shape index (κ3) is 1.91. The summed E-state index contributed by atoms with van der Waals surface area (Å²) in [5.74, 6) is 2.27. The Kier molecular flexibility index (Phi) is 2.60. The second-order valence-electron chi connectivity index (χ2n) is 5.29. The number of nitrogens with one attached hydrogen (secondary N) is 2. The summed E-state index contributed by atoms with van der Waals surface area (Å²) in [6.07, 6.45) is 3.05. The van der Waals surface area contributed by atoms with Crippen LogP contribution in [0.2, 0.25) is 0 Å². The van der Waals surface area contributed by atoms with Gasteiger partial charge in [-0.05, 0) is 31.2 Å². The van der Waals surface area contributed by atoms with Crippen LogP contribution in [0.1, 0.15) is 24.1 Å². The lowest BCUT2D eigenvalue weighted by atomic mass is 10.1. The highest BCUT2D eigenvalue weighted by Crippen LogP contribution is 2.26. The highest BCUT2D eigenvalue weighted by atomic mass is 16.3. The van der Waals surface area contributed by atoms with Gasteiger partial charge in [0.05, 0.1) is 11.9 Å². The summed E-state index contributed by atoms with van der Waals surface area (Å²) in [5, 5.41) is 3.36. The molecule has 3 heterocycles. The Morgan fingerprint density at radius 3 is 3.15 bits per heavy atom. The van der Waals surface area contributed by atoms with E-state index >= 15 is 0 Å². The molecule has 4 rings (SSSR count). The van der Waals surface area contributed by atoms with Gasteiger partial charge in [-0.15, -0.1) is 0 Å². The molecule has 0 bridgehead atoms. The van der Waals surface area contributed by atoms with Crippen molar-refractivity contribution in [3.63, 3.8) is 0 Å². The van der Waals surface area contributed by atoms with E-state index in [9.17, 15) is 0 Å². The Hall–Kier alpha value is -2.14. The molecule has 1 saturated heterocycles. The number of nitrogens with zero attached hydrogens (tertiary/aromatic N) is 2. The van der Waals surface area contributed by atoms with Crippen molar-refractivity contribution < 1.29 is 4.42 Å². The van der Waals surface area contributed by atoms with Gasteiger partial charge in [0.15, 0.2) is 11.5 Å². The molecule has 1 atom stereocenters. The quantitative estimate of drug-likeness (QED) is 0.749. The van der Waals surface area contributed by atoms with Gasteiger partial charge in [-0.1, -0.05) is 0 Å². The Labute approximate surface area is 116 Å². The summed E-state index contributed by atoms with van der Waals surface area (Å²) in [7, 11) is 0. The first kappa shape index (κ1) is 11.7. The van der Waals surface area contributed by atoms with Gasteiger partial charge in [0.25, 0.3) is 0 Å². The van der Waals surface area contributed by atoms with Gasteiger partial charge >= 0.3 is 0 Å². The number of fused-ring (bicyclic) bond motifs is 1. The molecule has 3 aromatic rings. The molecule has 2 aromatic heterocycles. The molecule has 2 N–H and O–H groups in total. The van der Waals surface area contributed by atoms with E-state index in [1.54, 1.807) is 0 Å². The van der Waals surface area contributed by atoms with Crippen LogP contribution in [-0.4, -0.2) is 28.0 Å². The summed E-state index contributed by atoms with van der Waals surface area (Å²) in [4.78, 5) is 12.3.